The molecule has 0 aliphatic heterocycles. The zero-order chi connectivity index (χ0) is 15.8. The lowest BCUT2D eigenvalue weighted by Crippen LogP contribution is -1.93. The summed E-state index contributed by atoms with van der Waals surface area (Å²) in [4.78, 5) is 8.67. The lowest BCUT2D eigenvalue weighted by molar-refractivity contribution is 0.962. The quantitative estimate of drug-likeness (QED) is 0.528. The van der Waals surface area contributed by atoms with Gasteiger partial charge in [-0.05, 0) is 36.4 Å². The van der Waals surface area contributed by atoms with E-state index in [4.69, 9.17) is 23.2 Å². The Kier molecular flexibility index (Phi) is 3.48. The van der Waals surface area contributed by atoms with Crippen molar-refractivity contribution in [1.82, 2.24) is 19.6 Å². The second kappa shape index (κ2) is 5.65. The lowest BCUT2D eigenvalue weighted by atomic mass is 10.0. The van der Waals surface area contributed by atoms with E-state index < -0.39 is 0 Å². The van der Waals surface area contributed by atoms with Crippen LogP contribution in [0.4, 0.5) is 0 Å². The highest BCUT2D eigenvalue weighted by molar-refractivity contribution is 6.36. The van der Waals surface area contributed by atoms with Crippen molar-refractivity contribution in [3.8, 4) is 22.4 Å². The number of fused-ring (bicyclic) bond motifs is 1. The maximum absolute atomic E-state index is 6.35. The molecule has 23 heavy (non-hydrogen) atoms. The summed E-state index contributed by atoms with van der Waals surface area (Å²) < 4.78 is 1.73. The van der Waals surface area contributed by atoms with Crippen LogP contribution in [0.15, 0.2) is 61.2 Å². The molecule has 0 saturated carbocycles. The number of benzene rings is 1. The summed E-state index contributed by atoms with van der Waals surface area (Å²) >= 11 is 12.3. The first-order valence-electron chi connectivity index (χ1n) is 6.92. The van der Waals surface area contributed by atoms with Gasteiger partial charge in [-0.15, -0.1) is 0 Å². The molecule has 0 N–H and O–H groups in total. The molecule has 4 aromatic rings. The summed E-state index contributed by atoms with van der Waals surface area (Å²) in [7, 11) is 0. The minimum atomic E-state index is 0.569. The average Bonchev–Trinajstić information content (AvgIpc) is 3.02. The molecule has 4 nitrogen and oxygen atoms in total. The van der Waals surface area contributed by atoms with Crippen LogP contribution >= 0.6 is 23.2 Å². The summed E-state index contributed by atoms with van der Waals surface area (Å²) in [5.74, 6) is 0. The predicted molar refractivity (Wildman–Crippen MR) is 91.7 cm³/mol. The van der Waals surface area contributed by atoms with Gasteiger partial charge in [-0.25, -0.2) is 9.50 Å². The number of halogens is 2. The van der Waals surface area contributed by atoms with Crippen molar-refractivity contribution < 1.29 is 0 Å². The van der Waals surface area contributed by atoms with Crippen molar-refractivity contribution in [3.05, 3.63) is 71.2 Å². The molecular formula is C17H10Cl2N4. The molecule has 0 unspecified atom stereocenters. The molecule has 3 aromatic heterocycles. The minimum absolute atomic E-state index is 0.569. The molecule has 0 atom stereocenters. The first kappa shape index (κ1) is 14.2. The number of aromatic nitrogens is 4. The largest absolute Gasteiger partial charge is 0.256 e. The molecule has 112 valence electrons. The van der Waals surface area contributed by atoms with E-state index in [1.165, 1.54) is 6.33 Å². The Labute approximate surface area is 142 Å². The molecule has 4 rings (SSSR count). The Balaban J connectivity index is 1.92. The number of hydrogen-bond acceptors (Lipinski definition) is 3. The Morgan fingerprint density at radius 1 is 0.913 bits per heavy atom. The minimum Gasteiger partial charge on any atom is -0.256 e. The zero-order valence-electron chi connectivity index (χ0n) is 11.8. The highest BCUT2D eigenvalue weighted by Gasteiger charge is 2.12. The molecule has 0 aliphatic rings. The maximum atomic E-state index is 6.35. The van der Waals surface area contributed by atoms with Crippen molar-refractivity contribution in [2.24, 2.45) is 0 Å². The lowest BCUT2D eigenvalue weighted by Gasteiger charge is -2.10. The van der Waals surface area contributed by atoms with Crippen LogP contribution in [0.25, 0.3) is 28.0 Å². The summed E-state index contributed by atoms with van der Waals surface area (Å²) in [6.45, 7) is 0. The average molecular weight is 341 g/mol. The van der Waals surface area contributed by atoms with Crippen LogP contribution in [0.1, 0.15) is 0 Å². The monoisotopic (exact) mass is 340 g/mol. The second-order valence-corrected chi connectivity index (χ2v) is 5.85. The van der Waals surface area contributed by atoms with E-state index in [0.29, 0.717) is 10.0 Å². The Hall–Kier alpha value is -2.43. The third kappa shape index (κ3) is 2.56. The van der Waals surface area contributed by atoms with Gasteiger partial charge in [0.1, 0.15) is 6.33 Å². The van der Waals surface area contributed by atoms with Gasteiger partial charge in [-0.1, -0.05) is 29.3 Å². The van der Waals surface area contributed by atoms with Crippen LogP contribution in [-0.4, -0.2) is 19.6 Å². The van der Waals surface area contributed by atoms with E-state index in [-0.39, 0.29) is 0 Å². The van der Waals surface area contributed by atoms with Crippen molar-refractivity contribution >= 4 is 28.8 Å². The number of hydrogen-bond donors (Lipinski definition) is 0. The molecule has 6 heteroatoms. The van der Waals surface area contributed by atoms with Gasteiger partial charge in [0.05, 0.1) is 10.7 Å². The fourth-order valence-electron chi connectivity index (χ4n) is 2.51. The summed E-state index contributed by atoms with van der Waals surface area (Å²) in [6.07, 6.45) is 5.20. The highest BCUT2D eigenvalue weighted by atomic mass is 35.5. The number of pyridine rings is 2. The molecule has 0 amide bonds. The van der Waals surface area contributed by atoms with Crippen molar-refractivity contribution in [1.29, 1.82) is 0 Å². The second-order valence-electron chi connectivity index (χ2n) is 5.00. The fourth-order valence-corrected chi connectivity index (χ4v) is 3.01. The SMILES string of the molecule is Clc1ccc(-c2ncccc2-c2ccc3ncnn3c2)c(Cl)c1. The number of rotatable bonds is 2. The van der Waals surface area contributed by atoms with Gasteiger partial charge >= 0.3 is 0 Å². The first-order valence-corrected chi connectivity index (χ1v) is 7.68. The topological polar surface area (TPSA) is 43.1 Å². The van der Waals surface area contributed by atoms with Crippen LogP contribution in [0.3, 0.4) is 0 Å². The first-order chi connectivity index (χ1) is 11.2. The Morgan fingerprint density at radius 3 is 2.70 bits per heavy atom. The fraction of sp³-hybridized carbons (Fsp3) is 0. The third-order valence-corrected chi connectivity index (χ3v) is 4.13. The summed E-state index contributed by atoms with van der Waals surface area (Å²) in [5.41, 5.74) is 4.38. The van der Waals surface area contributed by atoms with Gasteiger partial charge in [0.25, 0.3) is 0 Å². The molecular weight excluding hydrogens is 331 g/mol. The Bertz CT molecular complexity index is 1010. The third-order valence-electron chi connectivity index (χ3n) is 3.58. The van der Waals surface area contributed by atoms with Gasteiger partial charge in [0.15, 0.2) is 5.65 Å². The molecule has 3 heterocycles. The molecule has 0 saturated heterocycles. The van der Waals surface area contributed by atoms with Gasteiger partial charge < -0.3 is 0 Å². The highest BCUT2D eigenvalue weighted by Crippen LogP contribution is 2.35. The van der Waals surface area contributed by atoms with E-state index in [9.17, 15) is 0 Å². The smallest absolute Gasteiger partial charge is 0.155 e. The van der Waals surface area contributed by atoms with Crippen molar-refractivity contribution in [3.63, 3.8) is 0 Å². The van der Waals surface area contributed by atoms with E-state index in [1.54, 1.807) is 16.8 Å². The van der Waals surface area contributed by atoms with Crippen molar-refractivity contribution in [2.75, 3.05) is 0 Å². The normalized spacial score (nSPS) is 11.0. The summed E-state index contributed by atoms with van der Waals surface area (Å²) in [6, 6.07) is 13.2. The van der Waals surface area contributed by atoms with E-state index >= 15 is 0 Å². The molecule has 0 radical (unpaired) electrons. The van der Waals surface area contributed by atoms with Gasteiger partial charge in [-0.2, -0.15) is 5.10 Å². The van der Waals surface area contributed by atoms with E-state index in [0.717, 1.165) is 28.0 Å². The van der Waals surface area contributed by atoms with Gasteiger partial charge in [0, 0.05) is 34.1 Å². The number of nitrogens with zero attached hydrogens (tertiary/aromatic N) is 4. The van der Waals surface area contributed by atoms with Crippen LogP contribution in [-0.2, 0) is 0 Å². The molecule has 1 aromatic carbocycles. The van der Waals surface area contributed by atoms with Gasteiger partial charge in [-0.3, -0.25) is 4.98 Å². The van der Waals surface area contributed by atoms with Crippen LogP contribution in [0.2, 0.25) is 10.0 Å². The van der Waals surface area contributed by atoms with Crippen LogP contribution in [0.5, 0.6) is 0 Å². The predicted octanol–water partition coefficient (Wildman–Crippen LogP) is 4.77. The van der Waals surface area contributed by atoms with Crippen LogP contribution < -0.4 is 0 Å². The van der Waals surface area contributed by atoms with E-state index in [2.05, 4.69) is 15.1 Å². The molecule has 0 fully saturated rings. The standard InChI is InChI=1S/C17H10Cl2N4/c18-12-4-5-14(15(19)8-12)17-13(2-1-7-20-17)11-3-6-16-21-10-22-23(16)9-11/h1-10H. The molecule has 0 aliphatic carbocycles. The Morgan fingerprint density at radius 2 is 1.83 bits per heavy atom. The summed E-state index contributed by atoms with van der Waals surface area (Å²) in [5, 5.41) is 5.34. The molecule has 0 spiro atoms. The zero-order valence-corrected chi connectivity index (χ0v) is 13.3. The van der Waals surface area contributed by atoms with Crippen molar-refractivity contribution in [2.45, 2.75) is 0 Å². The molecule has 0 bridgehead atoms. The van der Waals surface area contributed by atoms with Gasteiger partial charge in [0.2, 0.25) is 0 Å². The van der Waals surface area contributed by atoms with Crippen LogP contribution in [0, 0.1) is 0 Å². The van der Waals surface area contributed by atoms with E-state index in [1.807, 2.05) is 42.6 Å². The maximum Gasteiger partial charge on any atom is 0.155 e.